The molecule has 0 aromatic heterocycles. The molecule has 3 aliphatic rings. The third kappa shape index (κ3) is 1.76. The first kappa shape index (κ1) is 11.4. The van der Waals surface area contributed by atoms with Gasteiger partial charge in [-0.3, -0.25) is 4.99 Å². The largest absolute Gasteiger partial charge is 0.364 e. The second kappa shape index (κ2) is 4.21. The zero-order chi connectivity index (χ0) is 11.9. The monoisotopic (exact) mass is 293 g/mol. The quantitative estimate of drug-likeness (QED) is 0.727. The highest BCUT2D eigenvalue weighted by atomic mass is 79.9. The number of aliphatic imine (C=N–C) groups is 1. The molecule has 2 nitrogen and oxygen atoms in total. The minimum absolute atomic E-state index is 0.239. The first-order valence-electron chi connectivity index (χ1n) is 6.11. The van der Waals surface area contributed by atoms with Gasteiger partial charge < -0.3 is 4.74 Å². The van der Waals surface area contributed by atoms with Crippen molar-refractivity contribution < 1.29 is 4.74 Å². The van der Waals surface area contributed by atoms with Crippen LogP contribution in [0.3, 0.4) is 0 Å². The molecule has 17 heavy (non-hydrogen) atoms. The zero-order valence-corrected chi connectivity index (χ0v) is 11.5. The molecular formula is C14H16BrNO. The van der Waals surface area contributed by atoms with Crippen LogP contribution in [0.4, 0.5) is 0 Å². The Morgan fingerprint density at radius 2 is 2.47 bits per heavy atom. The molecule has 3 atom stereocenters. The number of hydrogen-bond donors (Lipinski definition) is 0. The van der Waals surface area contributed by atoms with Gasteiger partial charge in [-0.05, 0) is 30.0 Å². The molecule has 0 radical (unpaired) electrons. The van der Waals surface area contributed by atoms with Gasteiger partial charge in [-0.2, -0.15) is 0 Å². The Hall–Kier alpha value is -0.670. The van der Waals surface area contributed by atoms with Crippen LogP contribution in [0.25, 0.3) is 0 Å². The maximum Gasteiger partial charge on any atom is 0.131 e. The molecule has 2 heterocycles. The third-order valence-electron chi connectivity index (χ3n) is 3.86. The van der Waals surface area contributed by atoms with Gasteiger partial charge in [0.05, 0.1) is 12.3 Å². The number of rotatable bonds is 1. The molecule has 3 rings (SSSR count). The van der Waals surface area contributed by atoms with Crippen molar-refractivity contribution in [3.8, 4) is 0 Å². The zero-order valence-electron chi connectivity index (χ0n) is 9.90. The van der Waals surface area contributed by atoms with Gasteiger partial charge >= 0.3 is 0 Å². The Balaban J connectivity index is 1.98. The minimum atomic E-state index is -0.239. The molecule has 0 bridgehead atoms. The summed E-state index contributed by atoms with van der Waals surface area (Å²) in [6, 6.07) is 0. The first-order valence-corrected chi connectivity index (χ1v) is 6.90. The van der Waals surface area contributed by atoms with Gasteiger partial charge in [0.1, 0.15) is 5.60 Å². The number of ether oxygens (including phenoxy) is 1. The van der Waals surface area contributed by atoms with Crippen LogP contribution in [0.2, 0.25) is 0 Å². The second-order valence-corrected chi connectivity index (χ2v) is 6.15. The summed E-state index contributed by atoms with van der Waals surface area (Å²) >= 11 is 3.53. The van der Waals surface area contributed by atoms with Crippen molar-refractivity contribution in [1.82, 2.24) is 0 Å². The van der Waals surface area contributed by atoms with Crippen LogP contribution in [-0.4, -0.2) is 24.5 Å². The highest BCUT2D eigenvalue weighted by Crippen LogP contribution is 2.45. The summed E-state index contributed by atoms with van der Waals surface area (Å²) in [4.78, 5) is 4.62. The maximum atomic E-state index is 6.13. The van der Waals surface area contributed by atoms with Crippen molar-refractivity contribution in [2.24, 2.45) is 16.8 Å². The van der Waals surface area contributed by atoms with Crippen molar-refractivity contribution >= 4 is 21.6 Å². The fourth-order valence-electron chi connectivity index (χ4n) is 3.16. The molecule has 0 saturated carbocycles. The smallest absolute Gasteiger partial charge is 0.131 e. The summed E-state index contributed by atoms with van der Waals surface area (Å²) in [6.07, 6.45) is 11.8. The van der Waals surface area contributed by atoms with Crippen LogP contribution in [0, 0.1) is 11.8 Å². The molecule has 3 unspecified atom stereocenters. The van der Waals surface area contributed by atoms with Crippen LogP contribution in [0.5, 0.6) is 0 Å². The maximum absolute atomic E-state index is 6.13. The molecule has 1 spiro atoms. The molecule has 90 valence electrons. The van der Waals surface area contributed by atoms with Crippen molar-refractivity contribution in [2.75, 3.05) is 13.2 Å². The van der Waals surface area contributed by atoms with Gasteiger partial charge in [-0.15, -0.1) is 0 Å². The standard InChI is InChI=1S/C14H16BrNO/c1-10(15)8-11-9-17-14-6-3-2-4-13(14)16-7-5-12(11)14/h2-4,6,8,11-12H,5,7,9H2,1H3. The molecule has 0 aromatic carbocycles. The number of allylic oxidation sites excluding steroid dienone is 3. The van der Waals surface area contributed by atoms with Crippen molar-refractivity contribution in [3.63, 3.8) is 0 Å². The van der Waals surface area contributed by atoms with Gasteiger partial charge in [-0.25, -0.2) is 0 Å². The topological polar surface area (TPSA) is 21.6 Å². The van der Waals surface area contributed by atoms with Crippen molar-refractivity contribution in [2.45, 2.75) is 18.9 Å². The lowest BCUT2D eigenvalue weighted by molar-refractivity contribution is 0.0738. The van der Waals surface area contributed by atoms with E-state index in [1.54, 1.807) is 0 Å². The van der Waals surface area contributed by atoms with Crippen LogP contribution < -0.4 is 0 Å². The van der Waals surface area contributed by atoms with E-state index < -0.39 is 0 Å². The van der Waals surface area contributed by atoms with E-state index in [-0.39, 0.29) is 5.60 Å². The van der Waals surface area contributed by atoms with E-state index in [2.05, 4.69) is 58.2 Å². The number of hydrogen-bond acceptors (Lipinski definition) is 2. The van der Waals surface area contributed by atoms with Gasteiger partial charge in [-0.1, -0.05) is 34.2 Å². The molecular weight excluding hydrogens is 278 g/mol. The predicted molar refractivity (Wildman–Crippen MR) is 73.5 cm³/mol. The lowest BCUT2D eigenvalue weighted by atomic mass is 9.73. The molecule has 1 fully saturated rings. The Morgan fingerprint density at radius 1 is 1.59 bits per heavy atom. The Kier molecular flexibility index (Phi) is 2.83. The van der Waals surface area contributed by atoms with E-state index in [1.165, 1.54) is 4.48 Å². The van der Waals surface area contributed by atoms with Gasteiger partial charge in [0, 0.05) is 18.4 Å². The molecule has 3 heteroatoms. The highest BCUT2D eigenvalue weighted by molar-refractivity contribution is 9.11. The Bertz CT molecular complexity index is 445. The molecule has 0 amide bonds. The second-order valence-electron chi connectivity index (χ2n) is 4.90. The minimum Gasteiger partial charge on any atom is -0.364 e. The van der Waals surface area contributed by atoms with Crippen molar-refractivity contribution in [3.05, 3.63) is 34.9 Å². The lowest BCUT2D eigenvalue weighted by Crippen LogP contribution is -2.46. The fraction of sp³-hybridized carbons (Fsp3) is 0.500. The van der Waals surface area contributed by atoms with Crippen LogP contribution >= 0.6 is 15.9 Å². The van der Waals surface area contributed by atoms with E-state index >= 15 is 0 Å². The molecule has 1 saturated heterocycles. The van der Waals surface area contributed by atoms with E-state index in [0.717, 1.165) is 25.3 Å². The molecule has 0 N–H and O–H groups in total. The van der Waals surface area contributed by atoms with E-state index in [9.17, 15) is 0 Å². The van der Waals surface area contributed by atoms with Crippen LogP contribution in [0.15, 0.2) is 39.9 Å². The Morgan fingerprint density at radius 3 is 3.29 bits per heavy atom. The summed E-state index contributed by atoms with van der Waals surface area (Å²) in [7, 11) is 0. The van der Waals surface area contributed by atoms with Gasteiger partial charge in [0.15, 0.2) is 0 Å². The lowest BCUT2D eigenvalue weighted by Gasteiger charge is -2.37. The molecule has 1 aliphatic carbocycles. The number of halogens is 1. The van der Waals surface area contributed by atoms with Gasteiger partial charge in [0.2, 0.25) is 0 Å². The summed E-state index contributed by atoms with van der Waals surface area (Å²) in [5.41, 5.74) is 0.871. The highest BCUT2D eigenvalue weighted by Gasteiger charge is 2.51. The Labute approximate surface area is 110 Å². The molecule has 0 aromatic rings. The van der Waals surface area contributed by atoms with Crippen LogP contribution in [0.1, 0.15) is 13.3 Å². The predicted octanol–water partition coefficient (Wildman–Crippen LogP) is 3.26. The summed E-state index contributed by atoms with van der Waals surface area (Å²) in [6.45, 7) is 3.80. The SMILES string of the molecule is CC(Br)=CC1COC23C=CC=CC2=NCCC13. The number of nitrogens with zero attached hydrogens (tertiary/aromatic N) is 1. The summed E-state index contributed by atoms with van der Waals surface area (Å²) in [5.74, 6) is 1.03. The molecule has 2 aliphatic heterocycles. The normalized spacial score (nSPS) is 39.9. The summed E-state index contributed by atoms with van der Waals surface area (Å²) in [5, 5.41) is 0. The fourth-order valence-corrected chi connectivity index (χ4v) is 3.50. The summed E-state index contributed by atoms with van der Waals surface area (Å²) < 4.78 is 7.32. The van der Waals surface area contributed by atoms with E-state index in [4.69, 9.17) is 4.74 Å². The third-order valence-corrected chi connectivity index (χ3v) is 4.12. The van der Waals surface area contributed by atoms with E-state index in [0.29, 0.717) is 11.8 Å². The first-order chi connectivity index (χ1) is 8.22. The van der Waals surface area contributed by atoms with Crippen LogP contribution in [-0.2, 0) is 4.74 Å². The van der Waals surface area contributed by atoms with Gasteiger partial charge in [0.25, 0.3) is 0 Å². The van der Waals surface area contributed by atoms with Crippen molar-refractivity contribution in [1.29, 1.82) is 0 Å². The average Bonchev–Trinajstić information content (AvgIpc) is 2.66. The average molecular weight is 294 g/mol. The van der Waals surface area contributed by atoms with E-state index in [1.807, 2.05) is 0 Å².